The summed E-state index contributed by atoms with van der Waals surface area (Å²) in [6.45, 7) is 5.80. The quantitative estimate of drug-likeness (QED) is 0.823. The molecule has 1 aliphatic carbocycles. The molecule has 23 heavy (non-hydrogen) atoms. The van der Waals surface area contributed by atoms with Crippen LogP contribution in [0.4, 0.5) is 0 Å². The Labute approximate surface area is 140 Å². The molecule has 2 saturated heterocycles. The smallest absolute Gasteiger partial charge is 0.0365 e. The number of fused-ring (bicyclic) bond motifs is 1. The van der Waals surface area contributed by atoms with Gasteiger partial charge in [0.25, 0.3) is 0 Å². The summed E-state index contributed by atoms with van der Waals surface area (Å²) in [6.07, 6.45) is 10.7. The molecule has 0 aromatic heterocycles. The standard InChI is InChI=1S/C19H30N4/c1-20-11-16-9-17-14(10-21-16)5-3-4-6-18(17)23-12-15-7-8-22(2)19(15)13-23/h3,5-6,15-16,19-21H,4,7-13H2,1-2H3. The van der Waals surface area contributed by atoms with Crippen LogP contribution in [0.3, 0.4) is 0 Å². The highest BCUT2D eigenvalue weighted by Gasteiger charge is 2.41. The number of nitrogens with one attached hydrogen (secondary N) is 2. The second-order valence-corrected chi connectivity index (χ2v) is 7.57. The van der Waals surface area contributed by atoms with Gasteiger partial charge >= 0.3 is 0 Å². The van der Waals surface area contributed by atoms with Crippen LogP contribution in [0.2, 0.25) is 0 Å². The van der Waals surface area contributed by atoms with Gasteiger partial charge in [-0.15, -0.1) is 0 Å². The normalized spacial score (nSPS) is 34.4. The van der Waals surface area contributed by atoms with Gasteiger partial charge in [-0.05, 0) is 57.0 Å². The van der Waals surface area contributed by atoms with Gasteiger partial charge in [0.15, 0.2) is 0 Å². The molecule has 0 spiro atoms. The molecule has 0 aromatic rings. The van der Waals surface area contributed by atoms with Crippen LogP contribution < -0.4 is 10.6 Å². The minimum absolute atomic E-state index is 0.554. The molecule has 4 heteroatoms. The first-order valence-electron chi connectivity index (χ1n) is 9.18. The fourth-order valence-electron chi connectivity index (χ4n) is 4.83. The topological polar surface area (TPSA) is 30.5 Å². The van der Waals surface area contributed by atoms with Crippen LogP contribution >= 0.6 is 0 Å². The van der Waals surface area contributed by atoms with Crippen molar-refractivity contribution in [1.29, 1.82) is 0 Å². The van der Waals surface area contributed by atoms with Crippen LogP contribution in [0.1, 0.15) is 19.3 Å². The van der Waals surface area contributed by atoms with E-state index in [0.29, 0.717) is 6.04 Å². The molecule has 0 bridgehead atoms. The van der Waals surface area contributed by atoms with Gasteiger partial charge in [0.05, 0.1) is 0 Å². The van der Waals surface area contributed by atoms with Gasteiger partial charge in [-0.3, -0.25) is 0 Å². The van der Waals surface area contributed by atoms with Crippen molar-refractivity contribution in [3.05, 3.63) is 35.1 Å². The summed E-state index contributed by atoms with van der Waals surface area (Å²) in [6, 6.07) is 1.32. The van der Waals surface area contributed by atoms with Gasteiger partial charge in [0.2, 0.25) is 0 Å². The van der Waals surface area contributed by atoms with E-state index in [1.165, 1.54) is 37.3 Å². The fourth-order valence-corrected chi connectivity index (χ4v) is 4.83. The van der Waals surface area contributed by atoms with Crippen LogP contribution in [0.25, 0.3) is 0 Å². The van der Waals surface area contributed by atoms with Gasteiger partial charge in [0, 0.05) is 44.0 Å². The van der Waals surface area contributed by atoms with E-state index in [4.69, 9.17) is 0 Å². The second kappa shape index (κ2) is 6.42. The minimum Gasteiger partial charge on any atom is -0.370 e. The van der Waals surface area contributed by atoms with E-state index >= 15 is 0 Å². The summed E-state index contributed by atoms with van der Waals surface area (Å²) in [4.78, 5) is 5.26. The largest absolute Gasteiger partial charge is 0.370 e. The van der Waals surface area contributed by atoms with Gasteiger partial charge in [-0.25, -0.2) is 0 Å². The Morgan fingerprint density at radius 2 is 2.26 bits per heavy atom. The molecule has 4 aliphatic rings. The van der Waals surface area contributed by atoms with E-state index < -0.39 is 0 Å². The molecule has 3 aliphatic heterocycles. The molecule has 3 heterocycles. The highest BCUT2D eigenvalue weighted by molar-refractivity contribution is 5.45. The van der Waals surface area contributed by atoms with E-state index in [-0.39, 0.29) is 0 Å². The Hall–Kier alpha value is -1.10. The number of hydrogen-bond acceptors (Lipinski definition) is 4. The predicted octanol–water partition coefficient (Wildman–Crippen LogP) is 1.34. The Morgan fingerprint density at radius 1 is 1.35 bits per heavy atom. The zero-order valence-corrected chi connectivity index (χ0v) is 14.5. The zero-order valence-electron chi connectivity index (χ0n) is 14.5. The first-order valence-corrected chi connectivity index (χ1v) is 9.18. The first kappa shape index (κ1) is 15.4. The van der Waals surface area contributed by atoms with Crippen molar-refractivity contribution in [1.82, 2.24) is 20.4 Å². The molecular formula is C19H30N4. The van der Waals surface area contributed by atoms with Crippen molar-refractivity contribution in [3.8, 4) is 0 Å². The molecule has 0 saturated carbocycles. The molecule has 0 radical (unpaired) electrons. The third-order valence-corrected chi connectivity index (χ3v) is 6.11. The second-order valence-electron chi connectivity index (χ2n) is 7.57. The number of hydrogen-bond donors (Lipinski definition) is 2. The van der Waals surface area contributed by atoms with E-state index in [0.717, 1.165) is 37.9 Å². The molecule has 0 aromatic carbocycles. The SMILES string of the molecule is CNCC1CC2=C(C=CCC=C2N2CC3CCN(C)C3C2)CN1. The minimum atomic E-state index is 0.554. The highest BCUT2D eigenvalue weighted by atomic mass is 15.3. The van der Waals surface area contributed by atoms with Crippen LogP contribution in [-0.2, 0) is 0 Å². The lowest BCUT2D eigenvalue weighted by molar-refractivity contribution is 0.284. The fraction of sp³-hybridized carbons (Fsp3) is 0.684. The molecule has 2 fully saturated rings. The summed E-state index contributed by atoms with van der Waals surface area (Å²) in [5.41, 5.74) is 4.64. The third kappa shape index (κ3) is 2.88. The van der Waals surface area contributed by atoms with Crippen LogP contribution in [0.15, 0.2) is 35.1 Å². The summed E-state index contributed by atoms with van der Waals surface area (Å²) in [7, 11) is 4.35. The first-order chi connectivity index (χ1) is 11.3. The molecule has 3 unspecified atom stereocenters. The summed E-state index contributed by atoms with van der Waals surface area (Å²) in [5.74, 6) is 0.871. The van der Waals surface area contributed by atoms with E-state index in [1.807, 2.05) is 7.05 Å². The molecule has 4 rings (SSSR count). The lowest BCUT2D eigenvalue weighted by atomic mass is 9.93. The monoisotopic (exact) mass is 314 g/mol. The number of allylic oxidation sites excluding steroid dienone is 3. The van der Waals surface area contributed by atoms with Crippen LogP contribution in [-0.4, -0.2) is 68.7 Å². The summed E-state index contributed by atoms with van der Waals surface area (Å²) in [5, 5.41) is 7.01. The maximum atomic E-state index is 3.68. The summed E-state index contributed by atoms with van der Waals surface area (Å²) < 4.78 is 0. The third-order valence-electron chi connectivity index (χ3n) is 6.11. The Bertz CT molecular complexity index is 548. The van der Waals surface area contributed by atoms with Crippen molar-refractivity contribution >= 4 is 0 Å². The zero-order chi connectivity index (χ0) is 15.8. The average Bonchev–Trinajstić information content (AvgIpc) is 3.04. The molecule has 4 nitrogen and oxygen atoms in total. The lowest BCUT2D eigenvalue weighted by Gasteiger charge is -2.33. The van der Waals surface area contributed by atoms with E-state index in [1.54, 1.807) is 5.57 Å². The number of likely N-dealkylation sites (N-methyl/N-ethyl adjacent to an activating group) is 2. The van der Waals surface area contributed by atoms with Crippen LogP contribution in [0, 0.1) is 5.92 Å². The lowest BCUT2D eigenvalue weighted by Crippen LogP contribution is -2.43. The highest BCUT2D eigenvalue weighted by Crippen LogP contribution is 2.37. The maximum absolute atomic E-state index is 3.68. The van der Waals surface area contributed by atoms with Gasteiger partial charge in [-0.2, -0.15) is 0 Å². The Balaban J connectivity index is 1.56. The molecule has 0 amide bonds. The maximum Gasteiger partial charge on any atom is 0.0365 e. The van der Waals surface area contributed by atoms with Crippen molar-refractivity contribution in [3.63, 3.8) is 0 Å². The molecular weight excluding hydrogens is 284 g/mol. The van der Waals surface area contributed by atoms with Crippen LogP contribution in [0.5, 0.6) is 0 Å². The van der Waals surface area contributed by atoms with E-state index in [2.05, 4.69) is 45.7 Å². The summed E-state index contributed by atoms with van der Waals surface area (Å²) >= 11 is 0. The van der Waals surface area contributed by atoms with Gasteiger partial charge in [-0.1, -0.05) is 18.2 Å². The van der Waals surface area contributed by atoms with Crippen molar-refractivity contribution in [2.45, 2.75) is 31.3 Å². The van der Waals surface area contributed by atoms with Gasteiger partial charge in [0.1, 0.15) is 0 Å². The number of likely N-dealkylation sites (tertiary alicyclic amines) is 2. The van der Waals surface area contributed by atoms with Gasteiger partial charge < -0.3 is 20.4 Å². The predicted molar refractivity (Wildman–Crippen MR) is 95.3 cm³/mol. The van der Waals surface area contributed by atoms with Crippen molar-refractivity contribution in [2.75, 3.05) is 46.8 Å². The molecule has 126 valence electrons. The average molecular weight is 314 g/mol. The molecule has 2 N–H and O–H groups in total. The van der Waals surface area contributed by atoms with Crippen molar-refractivity contribution < 1.29 is 0 Å². The Morgan fingerprint density at radius 3 is 3.09 bits per heavy atom. The van der Waals surface area contributed by atoms with Crippen molar-refractivity contribution in [2.24, 2.45) is 5.92 Å². The Kier molecular flexibility index (Phi) is 4.31. The number of rotatable bonds is 3. The van der Waals surface area contributed by atoms with E-state index in [9.17, 15) is 0 Å². The number of nitrogens with zero attached hydrogens (tertiary/aromatic N) is 2. The molecule has 3 atom stereocenters.